The fourth-order valence-corrected chi connectivity index (χ4v) is 14.2. The topological polar surface area (TPSA) is 0 Å². The minimum Gasteiger partial charge on any atom is -0.166 e. The second kappa shape index (κ2) is 14.5. The summed E-state index contributed by atoms with van der Waals surface area (Å²) < 4.78 is 89.2. The molecule has 272 valence electrons. The van der Waals surface area contributed by atoms with E-state index in [1.165, 1.54) is 46.3 Å². The summed E-state index contributed by atoms with van der Waals surface area (Å²) in [4.78, 5) is 7.61. The average Bonchev–Trinajstić information content (AvgIpc) is 3.90. The van der Waals surface area contributed by atoms with Gasteiger partial charge in [-0.3, -0.25) is 0 Å². The van der Waals surface area contributed by atoms with E-state index >= 15 is 0 Å². The molecule has 12 heteroatoms. The van der Waals surface area contributed by atoms with Gasteiger partial charge in [0.2, 0.25) is 0 Å². The Hall–Kier alpha value is -2.22. The Bertz CT molecular complexity index is 2140. The van der Waals surface area contributed by atoms with Crippen molar-refractivity contribution < 1.29 is 26.3 Å². The summed E-state index contributed by atoms with van der Waals surface area (Å²) in [6, 6.07) is 15.7. The average molecular weight is 813 g/mol. The zero-order valence-corrected chi connectivity index (χ0v) is 34.1. The molecule has 0 fully saturated rings. The van der Waals surface area contributed by atoms with Gasteiger partial charge in [-0.25, -0.2) is 0 Å². The van der Waals surface area contributed by atoms with Crippen LogP contribution in [0.5, 0.6) is 0 Å². The van der Waals surface area contributed by atoms with Crippen LogP contribution in [0.1, 0.15) is 98.2 Å². The molecule has 0 aromatic carbocycles. The Kier molecular flexibility index (Phi) is 11.0. The zero-order chi connectivity index (χ0) is 37.0. The number of thiophene rings is 6. The molecule has 0 saturated heterocycles. The first-order valence-electron chi connectivity index (χ1n) is 16.8. The molecular formula is C39H38F6S6. The van der Waals surface area contributed by atoms with Gasteiger partial charge in [-0.15, -0.1) is 68.0 Å². The molecule has 0 bridgehead atoms. The maximum Gasteiger partial charge on any atom is 0.418 e. The van der Waals surface area contributed by atoms with Crippen molar-refractivity contribution in [1.82, 2.24) is 0 Å². The molecule has 1 unspecified atom stereocenters. The van der Waals surface area contributed by atoms with E-state index in [0.717, 1.165) is 67.9 Å². The minimum absolute atomic E-state index is 0.0433. The van der Waals surface area contributed by atoms with E-state index in [1.54, 1.807) is 34.8 Å². The molecule has 6 aromatic rings. The number of hydrogen-bond acceptors (Lipinski definition) is 6. The lowest BCUT2D eigenvalue weighted by atomic mass is 9.81. The Morgan fingerprint density at radius 2 is 0.980 bits per heavy atom. The quantitative estimate of drug-likeness (QED) is 0.114. The Morgan fingerprint density at radius 3 is 1.43 bits per heavy atom. The summed E-state index contributed by atoms with van der Waals surface area (Å²) in [6.45, 7) is 13.7. The summed E-state index contributed by atoms with van der Waals surface area (Å²) in [5, 5.41) is 0. The maximum absolute atomic E-state index is 14.9. The second-order valence-electron chi connectivity index (χ2n) is 13.2. The summed E-state index contributed by atoms with van der Waals surface area (Å²) in [6.07, 6.45) is -5.57. The Balaban J connectivity index is 1.43. The van der Waals surface area contributed by atoms with Crippen LogP contribution in [0.3, 0.4) is 0 Å². The fraction of sp³-hybridized carbons (Fsp3) is 0.385. The molecule has 0 aliphatic rings. The number of alkyl halides is 6. The van der Waals surface area contributed by atoms with Crippen molar-refractivity contribution in [3.8, 4) is 48.8 Å². The van der Waals surface area contributed by atoms with Gasteiger partial charge < -0.3 is 0 Å². The first-order valence-corrected chi connectivity index (χ1v) is 21.7. The SMILES string of the molecule is CCCC(C)(CC)c1ccc(-c2ccc(-c3sc(-c4sc(-c5ccc(-c6ccc([C@@H](C)CC)s6)s5)c(C)c4C(F)(F)F)c(C(F)(F)F)c3C)s2)s1. The lowest BCUT2D eigenvalue weighted by Gasteiger charge is -2.26. The van der Waals surface area contributed by atoms with Crippen LogP contribution in [0, 0.1) is 13.8 Å². The van der Waals surface area contributed by atoms with Crippen molar-refractivity contribution in [2.24, 2.45) is 0 Å². The predicted octanol–water partition coefficient (Wildman–Crippen LogP) is 17.0. The van der Waals surface area contributed by atoms with Crippen LogP contribution in [0.2, 0.25) is 0 Å². The third kappa shape index (κ3) is 7.34. The van der Waals surface area contributed by atoms with Crippen molar-refractivity contribution in [1.29, 1.82) is 0 Å². The third-order valence-corrected chi connectivity index (χ3v) is 18.1. The summed E-state index contributed by atoms with van der Waals surface area (Å²) in [5.41, 5.74) is -2.02. The van der Waals surface area contributed by atoms with Gasteiger partial charge >= 0.3 is 12.4 Å². The summed E-state index contributed by atoms with van der Waals surface area (Å²) in [7, 11) is 0. The van der Waals surface area contributed by atoms with Crippen LogP contribution in [-0.4, -0.2) is 0 Å². The monoisotopic (exact) mass is 812 g/mol. The Morgan fingerprint density at radius 1 is 0.549 bits per heavy atom. The molecule has 0 aliphatic carbocycles. The smallest absolute Gasteiger partial charge is 0.166 e. The minimum atomic E-state index is -4.84. The van der Waals surface area contributed by atoms with E-state index in [2.05, 4.69) is 52.8 Å². The van der Waals surface area contributed by atoms with Crippen LogP contribution in [0.25, 0.3) is 48.8 Å². The molecule has 0 amide bonds. The van der Waals surface area contributed by atoms with Gasteiger partial charge in [-0.05, 0) is 98.7 Å². The van der Waals surface area contributed by atoms with E-state index in [-0.39, 0.29) is 26.3 Å². The molecule has 0 aliphatic heterocycles. The molecule has 0 saturated carbocycles. The van der Waals surface area contributed by atoms with Crippen molar-refractivity contribution in [3.63, 3.8) is 0 Å². The first kappa shape index (κ1) is 38.5. The van der Waals surface area contributed by atoms with Crippen LogP contribution in [0.4, 0.5) is 26.3 Å². The standard InChI is InChI=1S/C39H38F6S6/c1-8-19-37(7,10-3)30-18-17-27(49-30)26-14-16-29(48-26)34-22(6)32(39(43,44)45)36(51-34)35-31(38(40,41)42)21(5)33(50-35)28-15-13-25(47-28)24-12-11-23(46-24)20(4)9-2/h11-18,20H,8-10,19H2,1-7H3/t20-,37?/m0/s1. The van der Waals surface area contributed by atoms with Crippen molar-refractivity contribution in [2.75, 3.05) is 0 Å². The number of halogens is 6. The lowest BCUT2D eigenvalue weighted by molar-refractivity contribution is -0.139. The summed E-state index contributed by atoms with van der Waals surface area (Å²) >= 11 is 7.75. The molecular weight excluding hydrogens is 775 g/mol. The molecule has 0 radical (unpaired) electrons. The van der Waals surface area contributed by atoms with Gasteiger partial charge in [0, 0.05) is 54.2 Å². The van der Waals surface area contributed by atoms with Gasteiger partial charge in [0.1, 0.15) is 0 Å². The van der Waals surface area contributed by atoms with Gasteiger partial charge in [0.15, 0.2) is 0 Å². The zero-order valence-electron chi connectivity index (χ0n) is 29.2. The van der Waals surface area contributed by atoms with E-state index in [9.17, 15) is 26.3 Å². The van der Waals surface area contributed by atoms with Gasteiger partial charge in [-0.1, -0.05) is 41.0 Å². The molecule has 6 rings (SSSR count). The van der Waals surface area contributed by atoms with Crippen molar-refractivity contribution in [3.05, 3.63) is 80.5 Å². The highest BCUT2D eigenvalue weighted by molar-refractivity contribution is 7.31. The molecule has 0 nitrogen and oxygen atoms in total. The fourth-order valence-electron chi connectivity index (χ4n) is 6.46. The van der Waals surface area contributed by atoms with Gasteiger partial charge in [0.25, 0.3) is 0 Å². The molecule has 6 aromatic heterocycles. The van der Waals surface area contributed by atoms with E-state index in [4.69, 9.17) is 0 Å². The molecule has 0 N–H and O–H groups in total. The molecule has 6 heterocycles. The molecule has 51 heavy (non-hydrogen) atoms. The van der Waals surface area contributed by atoms with Crippen LogP contribution in [0.15, 0.2) is 48.5 Å². The summed E-state index contributed by atoms with van der Waals surface area (Å²) in [5.74, 6) is 0.401. The van der Waals surface area contributed by atoms with E-state index in [1.807, 2.05) is 18.2 Å². The van der Waals surface area contributed by atoms with Crippen LogP contribution in [-0.2, 0) is 17.8 Å². The highest BCUT2D eigenvalue weighted by atomic mass is 32.1. The predicted molar refractivity (Wildman–Crippen MR) is 212 cm³/mol. The maximum atomic E-state index is 14.9. The van der Waals surface area contributed by atoms with E-state index in [0.29, 0.717) is 25.4 Å². The third-order valence-electron chi connectivity index (χ3n) is 9.72. The van der Waals surface area contributed by atoms with Gasteiger partial charge in [-0.2, -0.15) is 26.3 Å². The van der Waals surface area contributed by atoms with Crippen molar-refractivity contribution >= 4 is 68.0 Å². The lowest BCUT2D eigenvalue weighted by Crippen LogP contribution is -2.18. The number of hydrogen-bond donors (Lipinski definition) is 0. The largest absolute Gasteiger partial charge is 0.418 e. The van der Waals surface area contributed by atoms with E-state index < -0.39 is 23.5 Å². The first-order chi connectivity index (χ1) is 24.0. The van der Waals surface area contributed by atoms with Crippen LogP contribution < -0.4 is 0 Å². The highest BCUT2D eigenvalue weighted by Gasteiger charge is 2.44. The number of rotatable bonds is 11. The Labute approximate surface area is 319 Å². The molecule has 0 spiro atoms. The van der Waals surface area contributed by atoms with Crippen LogP contribution >= 0.6 is 68.0 Å². The second-order valence-corrected chi connectivity index (χ2v) is 19.6. The van der Waals surface area contributed by atoms with Gasteiger partial charge in [0.05, 0.1) is 20.9 Å². The molecule has 2 atom stereocenters. The van der Waals surface area contributed by atoms with Crippen molar-refractivity contribution in [2.45, 2.75) is 97.8 Å². The highest BCUT2D eigenvalue weighted by Crippen LogP contribution is 2.57. The normalized spacial score (nSPS) is 14.4.